The van der Waals surface area contributed by atoms with Crippen LogP contribution in [0.4, 0.5) is 5.69 Å². The molecule has 2 aromatic rings. The van der Waals surface area contributed by atoms with E-state index in [1.807, 2.05) is 24.3 Å². The fraction of sp³-hybridized carbons (Fsp3) is 0.188. The Balaban J connectivity index is 1.70. The van der Waals surface area contributed by atoms with Gasteiger partial charge in [0.15, 0.2) is 0 Å². The highest BCUT2D eigenvalue weighted by Crippen LogP contribution is 2.15. The number of hydrogen-bond donors (Lipinski definition) is 2. The molecule has 0 aliphatic carbocycles. The van der Waals surface area contributed by atoms with Gasteiger partial charge in [0.25, 0.3) is 0 Å². The highest BCUT2D eigenvalue weighted by molar-refractivity contribution is 9.10. The summed E-state index contributed by atoms with van der Waals surface area (Å²) in [5.41, 5.74) is 7.32. The molecule has 4 nitrogen and oxygen atoms in total. The molecule has 2 aromatic carbocycles. The summed E-state index contributed by atoms with van der Waals surface area (Å²) in [6, 6.07) is 14.9. The van der Waals surface area contributed by atoms with Crippen molar-refractivity contribution in [1.82, 2.24) is 5.32 Å². The number of rotatable bonds is 6. The van der Waals surface area contributed by atoms with Crippen molar-refractivity contribution in [3.63, 3.8) is 0 Å². The van der Waals surface area contributed by atoms with Crippen LogP contribution in [0.1, 0.15) is 12.0 Å². The van der Waals surface area contributed by atoms with Crippen molar-refractivity contribution in [3.05, 3.63) is 58.6 Å². The Morgan fingerprint density at radius 1 is 1.14 bits per heavy atom. The lowest BCUT2D eigenvalue weighted by Crippen LogP contribution is -2.24. The summed E-state index contributed by atoms with van der Waals surface area (Å²) >= 11 is 3.45. The predicted octanol–water partition coefficient (Wildman–Crippen LogP) is 3.12. The third-order valence-electron chi connectivity index (χ3n) is 2.91. The Hall–Kier alpha value is -2.01. The van der Waals surface area contributed by atoms with Crippen molar-refractivity contribution in [2.24, 2.45) is 0 Å². The molecular formula is C16H17BrN2O2. The summed E-state index contributed by atoms with van der Waals surface area (Å²) in [6.07, 6.45) is 0.314. The number of hydrogen-bond acceptors (Lipinski definition) is 3. The predicted molar refractivity (Wildman–Crippen MR) is 87.0 cm³/mol. The van der Waals surface area contributed by atoms with Gasteiger partial charge in [-0.1, -0.05) is 34.1 Å². The highest BCUT2D eigenvalue weighted by atomic mass is 79.9. The molecule has 0 spiro atoms. The molecule has 0 atom stereocenters. The number of nitrogen functional groups attached to an aromatic ring is 1. The van der Waals surface area contributed by atoms with Gasteiger partial charge in [-0.2, -0.15) is 0 Å². The molecule has 0 radical (unpaired) electrons. The first-order valence-corrected chi connectivity index (χ1v) is 7.43. The monoisotopic (exact) mass is 348 g/mol. The lowest BCUT2D eigenvalue weighted by atomic mass is 10.2. The Morgan fingerprint density at radius 2 is 1.86 bits per heavy atom. The second kappa shape index (κ2) is 7.69. The molecule has 0 aliphatic rings. The van der Waals surface area contributed by atoms with Crippen LogP contribution in [-0.2, 0) is 11.3 Å². The molecule has 0 bridgehead atoms. The molecular weight excluding hydrogens is 332 g/mol. The van der Waals surface area contributed by atoms with Gasteiger partial charge in [-0.25, -0.2) is 0 Å². The molecule has 21 heavy (non-hydrogen) atoms. The Morgan fingerprint density at radius 3 is 2.57 bits per heavy atom. The first-order valence-electron chi connectivity index (χ1n) is 6.63. The van der Waals surface area contributed by atoms with E-state index in [-0.39, 0.29) is 5.91 Å². The summed E-state index contributed by atoms with van der Waals surface area (Å²) in [4.78, 5) is 11.7. The molecule has 2 rings (SSSR count). The van der Waals surface area contributed by atoms with Crippen molar-refractivity contribution in [1.29, 1.82) is 0 Å². The van der Waals surface area contributed by atoms with Crippen molar-refractivity contribution in [3.8, 4) is 5.75 Å². The SMILES string of the molecule is Nc1ccc(OCCC(=O)NCc2ccccc2Br)cc1. The minimum Gasteiger partial charge on any atom is -0.493 e. The zero-order valence-electron chi connectivity index (χ0n) is 11.5. The fourth-order valence-corrected chi connectivity index (χ4v) is 2.17. The maximum Gasteiger partial charge on any atom is 0.223 e. The van der Waals surface area contributed by atoms with E-state index in [4.69, 9.17) is 10.5 Å². The average Bonchev–Trinajstić information content (AvgIpc) is 2.48. The number of halogens is 1. The lowest BCUT2D eigenvalue weighted by Gasteiger charge is -2.08. The first-order chi connectivity index (χ1) is 10.1. The van der Waals surface area contributed by atoms with E-state index in [1.54, 1.807) is 24.3 Å². The molecule has 110 valence electrons. The van der Waals surface area contributed by atoms with E-state index in [9.17, 15) is 4.79 Å². The van der Waals surface area contributed by atoms with Crippen LogP contribution in [0.5, 0.6) is 5.75 Å². The Kier molecular flexibility index (Phi) is 5.63. The van der Waals surface area contributed by atoms with Crippen LogP contribution in [-0.4, -0.2) is 12.5 Å². The molecule has 5 heteroatoms. The largest absolute Gasteiger partial charge is 0.493 e. The Bertz CT molecular complexity index is 599. The molecule has 1 amide bonds. The van der Waals surface area contributed by atoms with E-state index in [0.29, 0.717) is 31.0 Å². The van der Waals surface area contributed by atoms with Gasteiger partial charge in [0.05, 0.1) is 13.0 Å². The van der Waals surface area contributed by atoms with Gasteiger partial charge in [0.2, 0.25) is 5.91 Å². The zero-order chi connectivity index (χ0) is 15.1. The second-order valence-electron chi connectivity index (χ2n) is 4.54. The van der Waals surface area contributed by atoms with E-state index < -0.39 is 0 Å². The number of nitrogens with two attached hydrogens (primary N) is 1. The minimum absolute atomic E-state index is 0.0406. The van der Waals surface area contributed by atoms with Crippen LogP contribution in [0.2, 0.25) is 0 Å². The van der Waals surface area contributed by atoms with E-state index in [1.165, 1.54) is 0 Å². The molecule has 0 unspecified atom stereocenters. The topological polar surface area (TPSA) is 64.3 Å². The maximum atomic E-state index is 11.7. The van der Waals surface area contributed by atoms with Gasteiger partial charge < -0.3 is 15.8 Å². The third-order valence-corrected chi connectivity index (χ3v) is 3.69. The molecule has 0 aliphatic heterocycles. The van der Waals surface area contributed by atoms with Gasteiger partial charge in [-0.3, -0.25) is 4.79 Å². The van der Waals surface area contributed by atoms with E-state index in [0.717, 1.165) is 10.0 Å². The number of carbonyl (C=O) groups excluding carboxylic acids is 1. The molecule has 0 saturated heterocycles. The summed E-state index contributed by atoms with van der Waals surface area (Å²) in [5.74, 6) is 0.670. The molecule has 0 heterocycles. The number of amides is 1. The lowest BCUT2D eigenvalue weighted by molar-refractivity contribution is -0.121. The van der Waals surface area contributed by atoms with Crippen LogP contribution in [0.3, 0.4) is 0 Å². The van der Waals surface area contributed by atoms with Gasteiger partial charge in [0, 0.05) is 16.7 Å². The van der Waals surface area contributed by atoms with Crippen LogP contribution in [0.25, 0.3) is 0 Å². The fourth-order valence-electron chi connectivity index (χ4n) is 1.75. The highest BCUT2D eigenvalue weighted by Gasteiger charge is 2.04. The van der Waals surface area contributed by atoms with Crippen LogP contribution in [0, 0.1) is 0 Å². The summed E-state index contributed by atoms with van der Waals surface area (Å²) in [6.45, 7) is 0.841. The average molecular weight is 349 g/mol. The van der Waals surface area contributed by atoms with E-state index >= 15 is 0 Å². The second-order valence-corrected chi connectivity index (χ2v) is 5.39. The van der Waals surface area contributed by atoms with Gasteiger partial charge >= 0.3 is 0 Å². The van der Waals surface area contributed by atoms with Gasteiger partial charge in [-0.15, -0.1) is 0 Å². The summed E-state index contributed by atoms with van der Waals surface area (Å²) in [5, 5.41) is 2.87. The molecule has 0 aromatic heterocycles. The van der Waals surface area contributed by atoms with Crippen molar-refractivity contribution < 1.29 is 9.53 Å². The molecule has 3 N–H and O–H groups in total. The van der Waals surface area contributed by atoms with Crippen molar-refractivity contribution >= 4 is 27.5 Å². The summed E-state index contributed by atoms with van der Waals surface area (Å²) < 4.78 is 6.47. The molecule has 0 fully saturated rings. The standard InChI is InChI=1S/C16H17BrN2O2/c17-15-4-2-1-3-12(15)11-19-16(20)9-10-21-14-7-5-13(18)6-8-14/h1-8H,9-11,18H2,(H,19,20). The maximum absolute atomic E-state index is 11.7. The van der Waals surface area contributed by atoms with Crippen LogP contribution in [0.15, 0.2) is 53.0 Å². The third kappa shape index (κ3) is 5.11. The van der Waals surface area contributed by atoms with Crippen LogP contribution < -0.4 is 15.8 Å². The van der Waals surface area contributed by atoms with E-state index in [2.05, 4.69) is 21.2 Å². The first kappa shape index (κ1) is 15.4. The normalized spacial score (nSPS) is 10.1. The van der Waals surface area contributed by atoms with Crippen molar-refractivity contribution in [2.75, 3.05) is 12.3 Å². The summed E-state index contributed by atoms with van der Waals surface area (Å²) in [7, 11) is 0. The number of benzene rings is 2. The zero-order valence-corrected chi connectivity index (χ0v) is 13.1. The van der Waals surface area contributed by atoms with Crippen molar-refractivity contribution in [2.45, 2.75) is 13.0 Å². The van der Waals surface area contributed by atoms with Gasteiger partial charge in [0.1, 0.15) is 5.75 Å². The minimum atomic E-state index is -0.0406. The number of anilines is 1. The molecule has 0 saturated carbocycles. The number of carbonyl (C=O) groups is 1. The number of nitrogens with one attached hydrogen (secondary N) is 1. The number of ether oxygens (including phenoxy) is 1. The smallest absolute Gasteiger partial charge is 0.223 e. The quantitative estimate of drug-likeness (QED) is 0.788. The van der Waals surface area contributed by atoms with Crippen LogP contribution >= 0.6 is 15.9 Å². The Labute approximate surface area is 132 Å². The van der Waals surface area contributed by atoms with Gasteiger partial charge in [-0.05, 0) is 35.9 Å².